The predicted octanol–water partition coefficient (Wildman–Crippen LogP) is 2.85. The van der Waals surface area contributed by atoms with Gasteiger partial charge in [-0.25, -0.2) is 9.79 Å². The molecular formula is C15H20Cl2N4O2. The summed E-state index contributed by atoms with van der Waals surface area (Å²) in [4.78, 5) is 19.7. The third-order valence-electron chi connectivity index (χ3n) is 3.49. The van der Waals surface area contributed by atoms with Crippen LogP contribution in [-0.4, -0.2) is 55.5 Å². The number of carbonyl (C=O) groups excluding carboxylic acids is 1. The summed E-state index contributed by atoms with van der Waals surface area (Å²) in [5, 5.41) is 0.596. The van der Waals surface area contributed by atoms with Crippen LogP contribution >= 0.6 is 23.2 Å². The number of nitrogens with zero attached hydrogens (tertiary/aromatic N) is 3. The molecule has 1 fully saturated rings. The van der Waals surface area contributed by atoms with E-state index in [1.165, 1.54) is 0 Å². The number of alkyl halides is 1. The lowest BCUT2D eigenvalue weighted by Crippen LogP contribution is -2.49. The summed E-state index contributed by atoms with van der Waals surface area (Å²) in [5.74, 6) is 0.522. The van der Waals surface area contributed by atoms with Gasteiger partial charge in [-0.1, -0.05) is 11.6 Å². The molecule has 1 aromatic rings. The van der Waals surface area contributed by atoms with E-state index >= 15 is 0 Å². The van der Waals surface area contributed by atoms with E-state index in [0.717, 1.165) is 5.69 Å². The molecule has 1 aliphatic heterocycles. The Morgan fingerprint density at radius 3 is 2.61 bits per heavy atom. The molecule has 0 aliphatic carbocycles. The molecule has 0 spiro atoms. The number of benzene rings is 1. The van der Waals surface area contributed by atoms with Crippen molar-refractivity contribution in [2.24, 2.45) is 10.7 Å². The number of hydrogen-bond donors (Lipinski definition) is 1. The quantitative estimate of drug-likeness (QED) is 0.510. The minimum atomic E-state index is -0.264. The Hall–Kier alpha value is -1.66. The van der Waals surface area contributed by atoms with E-state index in [1.807, 2.05) is 12.1 Å². The molecule has 0 aromatic heterocycles. The SMILES string of the molecule is CCOC(=O)N1CCN(c2ccc(N=C(N)CCl)cc2Cl)CC1. The standard InChI is InChI=1S/C15H20Cl2N4O2/c1-2-23-15(22)21-7-5-20(6-8-21)13-4-3-11(9-12(13)17)19-14(18)10-16/h3-4,9H,2,5-8,10H2,1H3,(H2,18,19). The van der Waals surface area contributed by atoms with Crippen LogP contribution in [0.15, 0.2) is 23.2 Å². The zero-order valence-corrected chi connectivity index (χ0v) is 14.5. The van der Waals surface area contributed by atoms with Gasteiger partial charge in [-0.05, 0) is 25.1 Å². The molecule has 2 rings (SSSR count). The number of piperazine rings is 1. The lowest BCUT2D eigenvalue weighted by molar-refractivity contribution is 0.105. The highest BCUT2D eigenvalue weighted by Crippen LogP contribution is 2.30. The molecule has 0 unspecified atom stereocenters. The van der Waals surface area contributed by atoms with Crippen molar-refractivity contribution in [2.75, 3.05) is 43.6 Å². The van der Waals surface area contributed by atoms with Crippen LogP contribution in [0.5, 0.6) is 0 Å². The largest absolute Gasteiger partial charge is 0.450 e. The number of carbonyl (C=O) groups is 1. The highest BCUT2D eigenvalue weighted by atomic mass is 35.5. The molecule has 126 valence electrons. The molecule has 1 aromatic carbocycles. The molecule has 1 heterocycles. The minimum Gasteiger partial charge on any atom is -0.450 e. The summed E-state index contributed by atoms with van der Waals surface area (Å²) in [6.07, 6.45) is -0.264. The van der Waals surface area contributed by atoms with Gasteiger partial charge < -0.3 is 20.3 Å². The van der Waals surface area contributed by atoms with Crippen molar-refractivity contribution >= 4 is 46.5 Å². The number of aliphatic imine (C=N–C) groups is 1. The Morgan fingerprint density at radius 1 is 1.35 bits per heavy atom. The number of ether oxygens (including phenoxy) is 1. The van der Waals surface area contributed by atoms with Gasteiger partial charge in [-0.2, -0.15) is 0 Å². The van der Waals surface area contributed by atoms with Gasteiger partial charge in [0, 0.05) is 26.2 Å². The van der Waals surface area contributed by atoms with Gasteiger partial charge in [0.1, 0.15) is 5.84 Å². The highest BCUT2D eigenvalue weighted by molar-refractivity contribution is 6.33. The zero-order valence-electron chi connectivity index (χ0n) is 13.0. The molecule has 1 amide bonds. The predicted molar refractivity (Wildman–Crippen MR) is 94.3 cm³/mol. The second kappa shape index (κ2) is 8.26. The molecule has 0 bridgehead atoms. The van der Waals surface area contributed by atoms with E-state index in [4.69, 9.17) is 33.7 Å². The molecule has 8 heteroatoms. The molecule has 1 saturated heterocycles. The second-order valence-electron chi connectivity index (χ2n) is 5.05. The first kappa shape index (κ1) is 17.7. The average molecular weight is 359 g/mol. The number of anilines is 1. The zero-order chi connectivity index (χ0) is 16.8. The van der Waals surface area contributed by atoms with Crippen LogP contribution in [0, 0.1) is 0 Å². The summed E-state index contributed by atoms with van der Waals surface area (Å²) < 4.78 is 5.01. The third-order valence-corrected chi connectivity index (χ3v) is 4.06. The van der Waals surface area contributed by atoms with Crippen molar-refractivity contribution in [2.45, 2.75) is 6.92 Å². The van der Waals surface area contributed by atoms with Crippen LogP contribution < -0.4 is 10.6 Å². The number of amides is 1. The molecule has 23 heavy (non-hydrogen) atoms. The van der Waals surface area contributed by atoms with E-state index in [1.54, 1.807) is 17.9 Å². The highest BCUT2D eigenvalue weighted by Gasteiger charge is 2.23. The van der Waals surface area contributed by atoms with Crippen molar-refractivity contribution in [3.63, 3.8) is 0 Å². The summed E-state index contributed by atoms with van der Waals surface area (Å²) in [7, 11) is 0. The van der Waals surface area contributed by atoms with E-state index in [-0.39, 0.29) is 12.0 Å². The summed E-state index contributed by atoms with van der Waals surface area (Å²) >= 11 is 12.0. The van der Waals surface area contributed by atoms with Crippen molar-refractivity contribution in [1.82, 2.24) is 4.90 Å². The van der Waals surface area contributed by atoms with Crippen LogP contribution in [0.25, 0.3) is 0 Å². The number of halogens is 2. The van der Waals surface area contributed by atoms with Crippen LogP contribution in [0.4, 0.5) is 16.2 Å². The number of nitrogens with two attached hydrogens (primary N) is 1. The maximum absolute atomic E-state index is 11.7. The lowest BCUT2D eigenvalue weighted by Gasteiger charge is -2.35. The monoisotopic (exact) mass is 358 g/mol. The summed E-state index contributed by atoms with van der Waals surface area (Å²) in [6, 6.07) is 5.51. The van der Waals surface area contributed by atoms with Gasteiger partial charge in [-0.3, -0.25) is 0 Å². The fourth-order valence-electron chi connectivity index (χ4n) is 2.36. The van der Waals surface area contributed by atoms with Crippen molar-refractivity contribution < 1.29 is 9.53 Å². The lowest BCUT2D eigenvalue weighted by atomic mass is 10.2. The number of rotatable bonds is 4. The molecule has 2 N–H and O–H groups in total. The topological polar surface area (TPSA) is 71.2 Å². The maximum atomic E-state index is 11.7. The van der Waals surface area contributed by atoms with Gasteiger partial charge in [0.15, 0.2) is 0 Å². The van der Waals surface area contributed by atoms with Gasteiger partial charge >= 0.3 is 6.09 Å². The number of amidine groups is 1. The van der Waals surface area contributed by atoms with Crippen molar-refractivity contribution in [3.8, 4) is 0 Å². The first-order valence-electron chi connectivity index (χ1n) is 7.40. The Morgan fingerprint density at radius 2 is 2.04 bits per heavy atom. The fourth-order valence-corrected chi connectivity index (χ4v) is 2.72. The van der Waals surface area contributed by atoms with E-state index in [0.29, 0.717) is 49.3 Å². The van der Waals surface area contributed by atoms with Gasteiger partial charge in [0.05, 0.1) is 28.9 Å². The van der Waals surface area contributed by atoms with E-state index < -0.39 is 0 Å². The maximum Gasteiger partial charge on any atom is 0.409 e. The van der Waals surface area contributed by atoms with Gasteiger partial charge in [0.25, 0.3) is 0 Å². The molecule has 0 atom stereocenters. The smallest absolute Gasteiger partial charge is 0.409 e. The minimum absolute atomic E-state index is 0.176. The Kier molecular flexibility index (Phi) is 6.36. The van der Waals surface area contributed by atoms with Crippen molar-refractivity contribution in [1.29, 1.82) is 0 Å². The third kappa shape index (κ3) is 4.65. The van der Waals surface area contributed by atoms with Gasteiger partial charge in [-0.15, -0.1) is 11.6 Å². The fraction of sp³-hybridized carbons (Fsp3) is 0.467. The molecule has 0 radical (unpaired) electrons. The van der Waals surface area contributed by atoms with Crippen LogP contribution in [-0.2, 0) is 4.74 Å². The van der Waals surface area contributed by atoms with E-state index in [2.05, 4.69) is 9.89 Å². The van der Waals surface area contributed by atoms with Gasteiger partial charge in [0.2, 0.25) is 0 Å². The Labute approximate surface area is 145 Å². The van der Waals surface area contributed by atoms with Crippen LogP contribution in [0.2, 0.25) is 5.02 Å². The Balaban J connectivity index is 2.02. The normalized spacial score (nSPS) is 15.7. The first-order chi connectivity index (χ1) is 11.0. The van der Waals surface area contributed by atoms with Crippen LogP contribution in [0.1, 0.15) is 6.92 Å². The second-order valence-corrected chi connectivity index (χ2v) is 5.72. The molecule has 6 nitrogen and oxygen atoms in total. The average Bonchev–Trinajstić information content (AvgIpc) is 2.55. The first-order valence-corrected chi connectivity index (χ1v) is 8.31. The number of hydrogen-bond acceptors (Lipinski definition) is 4. The molecular weight excluding hydrogens is 339 g/mol. The Bertz CT molecular complexity index is 587. The van der Waals surface area contributed by atoms with Crippen LogP contribution in [0.3, 0.4) is 0 Å². The van der Waals surface area contributed by atoms with Crippen molar-refractivity contribution in [3.05, 3.63) is 23.2 Å². The molecule has 0 saturated carbocycles. The summed E-state index contributed by atoms with van der Waals surface area (Å²) in [5.41, 5.74) is 7.20. The van der Waals surface area contributed by atoms with E-state index in [9.17, 15) is 4.79 Å². The summed E-state index contributed by atoms with van der Waals surface area (Å²) in [6.45, 7) is 4.80. The molecule has 1 aliphatic rings.